The van der Waals surface area contributed by atoms with E-state index < -0.39 is 0 Å². The largest absolute Gasteiger partial charge is 0.0755 e. The van der Waals surface area contributed by atoms with Gasteiger partial charge in [0.25, 0.3) is 0 Å². The molecule has 0 spiro atoms. The fourth-order valence-electron chi connectivity index (χ4n) is 3.49. The quantitative estimate of drug-likeness (QED) is 0.636. The first kappa shape index (κ1) is 11.5. The van der Waals surface area contributed by atoms with Crippen LogP contribution in [-0.4, -0.2) is 0 Å². The molecule has 0 N–H and O–H groups in total. The van der Waals surface area contributed by atoms with Gasteiger partial charge in [-0.15, -0.1) is 0 Å². The van der Waals surface area contributed by atoms with E-state index in [1.54, 1.807) is 11.1 Å². The van der Waals surface area contributed by atoms with E-state index in [-0.39, 0.29) is 0 Å². The Morgan fingerprint density at radius 2 is 1.44 bits per heavy atom. The molecule has 2 aliphatic carbocycles. The second-order valence-electron chi connectivity index (χ2n) is 5.61. The fraction of sp³-hybridized carbons (Fsp3) is 0.333. The van der Waals surface area contributed by atoms with Gasteiger partial charge in [0.1, 0.15) is 0 Å². The zero-order chi connectivity index (χ0) is 12.9. The van der Waals surface area contributed by atoms with E-state index in [1.807, 2.05) is 0 Å². The van der Waals surface area contributed by atoms with Crippen LogP contribution in [0, 0.1) is 5.92 Å². The van der Waals surface area contributed by atoms with Crippen molar-refractivity contribution in [2.45, 2.75) is 33.6 Å². The van der Waals surface area contributed by atoms with Gasteiger partial charge in [0.2, 0.25) is 0 Å². The van der Waals surface area contributed by atoms with Crippen LogP contribution in [0.25, 0.3) is 6.08 Å². The van der Waals surface area contributed by atoms with E-state index in [0.717, 1.165) is 0 Å². The molecular formula is C18H20. The first-order chi connectivity index (χ1) is 8.61. The molecule has 1 unspecified atom stereocenters. The molecule has 1 aromatic rings. The predicted molar refractivity (Wildman–Crippen MR) is 78.5 cm³/mol. The molecule has 1 atom stereocenters. The van der Waals surface area contributed by atoms with Crippen molar-refractivity contribution in [2.24, 2.45) is 5.92 Å². The van der Waals surface area contributed by atoms with Crippen molar-refractivity contribution in [2.75, 3.05) is 0 Å². The lowest BCUT2D eigenvalue weighted by Gasteiger charge is -2.23. The molecular weight excluding hydrogens is 216 g/mol. The molecule has 0 heterocycles. The Balaban J connectivity index is 2.08. The van der Waals surface area contributed by atoms with Crippen LogP contribution in [0.15, 0.2) is 52.6 Å². The van der Waals surface area contributed by atoms with Gasteiger partial charge in [-0.3, -0.25) is 0 Å². The molecule has 1 aromatic carbocycles. The molecule has 0 nitrogen and oxygen atoms in total. The van der Waals surface area contributed by atoms with Gasteiger partial charge in [0.15, 0.2) is 0 Å². The van der Waals surface area contributed by atoms with Gasteiger partial charge < -0.3 is 0 Å². The Morgan fingerprint density at radius 3 is 2.11 bits per heavy atom. The molecule has 0 saturated carbocycles. The lowest BCUT2D eigenvalue weighted by Crippen LogP contribution is -2.11. The lowest BCUT2D eigenvalue weighted by molar-refractivity contribution is 0.648. The third-order valence-electron chi connectivity index (χ3n) is 4.88. The van der Waals surface area contributed by atoms with Gasteiger partial charge in [0, 0.05) is 11.8 Å². The van der Waals surface area contributed by atoms with Crippen LogP contribution < -0.4 is 0 Å². The molecule has 3 rings (SSSR count). The van der Waals surface area contributed by atoms with Crippen LogP contribution in [0.1, 0.15) is 44.7 Å². The zero-order valence-corrected chi connectivity index (χ0v) is 11.6. The van der Waals surface area contributed by atoms with E-state index in [0.29, 0.717) is 11.8 Å². The van der Waals surface area contributed by atoms with Crippen LogP contribution in [0.3, 0.4) is 0 Å². The normalized spacial score (nSPS) is 23.2. The highest BCUT2D eigenvalue weighted by molar-refractivity contribution is 5.64. The van der Waals surface area contributed by atoms with Crippen molar-refractivity contribution >= 4 is 6.08 Å². The van der Waals surface area contributed by atoms with Crippen molar-refractivity contribution in [3.63, 3.8) is 0 Å². The molecule has 0 aliphatic heterocycles. The number of allylic oxidation sites excluding steroid dienone is 5. The number of hydrogen-bond acceptors (Lipinski definition) is 0. The van der Waals surface area contributed by atoms with Crippen LogP contribution in [0.5, 0.6) is 0 Å². The van der Waals surface area contributed by atoms with Gasteiger partial charge in [-0.25, -0.2) is 0 Å². The zero-order valence-electron chi connectivity index (χ0n) is 11.6. The van der Waals surface area contributed by atoms with Crippen molar-refractivity contribution in [1.29, 1.82) is 0 Å². The van der Waals surface area contributed by atoms with Crippen LogP contribution in [0.2, 0.25) is 0 Å². The minimum absolute atomic E-state index is 0.536. The standard InChI is InChI=1S/C18H20/c1-11-12(2)14(4)18(13(11)3)17-10-9-15-7-5-6-8-16(15)17/h5-10,17-18H,1-4H3. The SMILES string of the molecule is CC1=C(C)C(C2C=Cc3ccccc32)C(C)=C1C. The smallest absolute Gasteiger partial charge is 0.0130 e. The summed E-state index contributed by atoms with van der Waals surface area (Å²) in [6.45, 7) is 9.13. The molecule has 18 heavy (non-hydrogen) atoms. The van der Waals surface area contributed by atoms with Crippen LogP contribution in [-0.2, 0) is 0 Å². The summed E-state index contributed by atoms with van der Waals surface area (Å²) in [4.78, 5) is 0. The Bertz CT molecular complexity index is 572. The minimum Gasteiger partial charge on any atom is -0.0755 e. The van der Waals surface area contributed by atoms with E-state index in [1.165, 1.54) is 22.3 Å². The van der Waals surface area contributed by atoms with Gasteiger partial charge in [-0.05, 0) is 50.0 Å². The summed E-state index contributed by atoms with van der Waals surface area (Å²) < 4.78 is 0. The molecule has 0 bridgehead atoms. The summed E-state index contributed by atoms with van der Waals surface area (Å²) in [7, 11) is 0. The maximum absolute atomic E-state index is 2.38. The monoisotopic (exact) mass is 236 g/mol. The Hall–Kier alpha value is -1.56. The average Bonchev–Trinajstić information content (AvgIpc) is 2.87. The maximum atomic E-state index is 2.38. The molecule has 0 fully saturated rings. The van der Waals surface area contributed by atoms with E-state index in [2.05, 4.69) is 64.1 Å². The van der Waals surface area contributed by atoms with Gasteiger partial charge in [0.05, 0.1) is 0 Å². The molecule has 0 aromatic heterocycles. The Morgan fingerprint density at radius 1 is 0.833 bits per heavy atom. The highest BCUT2D eigenvalue weighted by Gasteiger charge is 2.33. The Kier molecular flexibility index (Phi) is 2.55. The first-order valence-electron chi connectivity index (χ1n) is 6.73. The number of fused-ring (bicyclic) bond motifs is 1. The summed E-state index contributed by atoms with van der Waals surface area (Å²) in [6.07, 6.45) is 4.66. The van der Waals surface area contributed by atoms with E-state index in [9.17, 15) is 0 Å². The van der Waals surface area contributed by atoms with Crippen LogP contribution >= 0.6 is 0 Å². The van der Waals surface area contributed by atoms with Gasteiger partial charge >= 0.3 is 0 Å². The van der Waals surface area contributed by atoms with Crippen LogP contribution in [0.4, 0.5) is 0 Å². The summed E-state index contributed by atoms with van der Waals surface area (Å²) in [5.74, 6) is 1.11. The third-order valence-corrected chi connectivity index (χ3v) is 4.88. The lowest BCUT2D eigenvalue weighted by atomic mass is 9.81. The van der Waals surface area contributed by atoms with Crippen molar-refractivity contribution < 1.29 is 0 Å². The number of rotatable bonds is 1. The predicted octanol–water partition coefficient (Wildman–Crippen LogP) is 5.10. The van der Waals surface area contributed by atoms with Gasteiger partial charge in [-0.2, -0.15) is 0 Å². The average molecular weight is 236 g/mol. The molecule has 0 amide bonds. The number of benzene rings is 1. The fourth-order valence-corrected chi connectivity index (χ4v) is 3.49. The van der Waals surface area contributed by atoms with Crippen molar-refractivity contribution in [3.05, 3.63) is 63.8 Å². The highest BCUT2D eigenvalue weighted by Crippen LogP contribution is 2.47. The molecule has 0 heteroatoms. The summed E-state index contributed by atoms with van der Waals surface area (Å²) in [5, 5.41) is 0. The molecule has 0 saturated heterocycles. The maximum Gasteiger partial charge on any atom is 0.0130 e. The molecule has 0 radical (unpaired) electrons. The Labute approximate surface area is 110 Å². The summed E-state index contributed by atoms with van der Waals surface area (Å²) in [6, 6.07) is 8.79. The highest BCUT2D eigenvalue weighted by atomic mass is 14.4. The second-order valence-corrected chi connectivity index (χ2v) is 5.61. The minimum atomic E-state index is 0.536. The van der Waals surface area contributed by atoms with E-state index >= 15 is 0 Å². The van der Waals surface area contributed by atoms with E-state index in [4.69, 9.17) is 0 Å². The first-order valence-corrected chi connectivity index (χ1v) is 6.73. The van der Waals surface area contributed by atoms with Gasteiger partial charge in [-0.1, -0.05) is 47.6 Å². The number of hydrogen-bond donors (Lipinski definition) is 0. The van der Waals surface area contributed by atoms with Crippen molar-refractivity contribution in [3.8, 4) is 0 Å². The van der Waals surface area contributed by atoms with Crippen molar-refractivity contribution in [1.82, 2.24) is 0 Å². The summed E-state index contributed by atoms with van der Waals surface area (Å²) >= 11 is 0. The topological polar surface area (TPSA) is 0 Å². The summed E-state index contributed by atoms with van der Waals surface area (Å²) in [5.41, 5.74) is 8.98. The third kappa shape index (κ3) is 1.45. The molecule has 2 aliphatic rings. The molecule has 92 valence electrons. The second kappa shape index (κ2) is 3.98.